The molecule has 0 unspecified atom stereocenters. The van der Waals surface area contributed by atoms with Crippen molar-refractivity contribution in [3.8, 4) is 17.2 Å². The quantitative estimate of drug-likeness (QED) is 0.457. The molecule has 0 bridgehead atoms. The van der Waals surface area contributed by atoms with Gasteiger partial charge in [-0.05, 0) is 73.4 Å². The standard InChI is InChI=1S/C28H34N2O5S/c1-19-6-8-21(9-7-19)18-30-15-14-22-16-26(34-4)27(35-5)17-25(22)28(30)20(2)29-36(31,32)24-12-10-23(33-3)11-13-24/h6-13,16-17,20,28-29H,14-15,18H2,1-5H3/t20-,28-/m0/s1. The third kappa shape index (κ3) is 5.51. The van der Waals surface area contributed by atoms with E-state index in [4.69, 9.17) is 14.2 Å². The Balaban J connectivity index is 1.70. The summed E-state index contributed by atoms with van der Waals surface area (Å²) in [6, 6.07) is 18.2. The molecule has 4 rings (SSSR count). The molecule has 0 spiro atoms. The second-order valence-corrected chi connectivity index (χ2v) is 10.9. The van der Waals surface area contributed by atoms with E-state index in [1.54, 1.807) is 45.6 Å². The lowest BCUT2D eigenvalue weighted by Gasteiger charge is -2.41. The Labute approximate surface area is 214 Å². The number of benzene rings is 3. The summed E-state index contributed by atoms with van der Waals surface area (Å²) in [5, 5.41) is 0. The minimum absolute atomic E-state index is 0.198. The predicted octanol–water partition coefficient (Wildman–Crippen LogP) is 4.49. The van der Waals surface area contributed by atoms with E-state index in [2.05, 4.69) is 40.8 Å². The highest BCUT2D eigenvalue weighted by molar-refractivity contribution is 7.89. The smallest absolute Gasteiger partial charge is 0.240 e. The molecule has 192 valence electrons. The van der Waals surface area contributed by atoms with E-state index in [0.29, 0.717) is 23.8 Å². The predicted molar refractivity (Wildman–Crippen MR) is 140 cm³/mol. The van der Waals surface area contributed by atoms with Gasteiger partial charge >= 0.3 is 0 Å². The van der Waals surface area contributed by atoms with E-state index in [9.17, 15) is 8.42 Å². The lowest BCUT2D eigenvalue weighted by Crippen LogP contribution is -2.47. The highest BCUT2D eigenvalue weighted by atomic mass is 32.2. The molecule has 1 aliphatic rings. The van der Waals surface area contributed by atoms with Crippen LogP contribution in [0.3, 0.4) is 0 Å². The van der Waals surface area contributed by atoms with E-state index < -0.39 is 16.1 Å². The number of aryl methyl sites for hydroxylation is 1. The van der Waals surface area contributed by atoms with Crippen LogP contribution in [0.1, 0.15) is 35.2 Å². The van der Waals surface area contributed by atoms with Crippen LogP contribution in [0.5, 0.6) is 17.2 Å². The van der Waals surface area contributed by atoms with Crippen molar-refractivity contribution in [2.45, 2.75) is 43.8 Å². The minimum atomic E-state index is -3.75. The molecule has 0 aromatic heterocycles. The molecule has 0 aliphatic carbocycles. The number of methoxy groups -OCH3 is 3. The van der Waals surface area contributed by atoms with E-state index in [1.165, 1.54) is 11.1 Å². The highest BCUT2D eigenvalue weighted by Gasteiger charge is 2.35. The first-order valence-electron chi connectivity index (χ1n) is 12.0. The molecule has 36 heavy (non-hydrogen) atoms. The third-order valence-corrected chi connectivity index (χ3v) is 8.29. The van der Waals surface area contributed by atoms with Crippen LogP contribution in [0.25, 0.3) is 0 Å². The molecule has 3 aromatic rings. The van der Waals surface area contributed by atoms with E-state index in [1.807, 2.05) is 19.1 Å². The van der Waals surface area contributed by atoms with E-state index in [0.717, 1.165) is 24.1 Å². The van der Waals surface area contributed by atoms with Crippen molar-refractivity contribution in [2.24, 2.45) is 0 Å². The summed E-state index contributed by atoms with van der Waals surface area (Å²) in [7, 11) is 1.03. The van der Waals surface area contributed by atoms with Gasteiger partial charge in [0.15, 0.2) is 11.5 Å². The monoisotopic (exact) mass is 510 g/mol. The zero-order chi connectivity index (χ0) is 25.9. The van der Waals surface area contributed by atoms with Gasteiger partial charge in [-0.1, -0.05) is 29.8 Å². The maximum absolute atomic E-state index is 13.3. The van der Waals surface area contributed by atoms with Crippen LogP contribution in [0.2, 0.25) is 0 Å². The van der Waals surface area contributed by atoms with Gasteiger partial charge in [-0.25, -0.2) is 13.1 Å². The molecule has 1 heterocycles. The van der Waals surface area contributed by atoms with Gasteiger partial charge in [0.1, 0.15) is 5.75 Å². The Morgan fingerprint density at radius 2 is 1.58 bits per heavy atom. The molecule has 1 aliphatic heterocycles. The van der Waals surface area contributed by atoms with Gasteiger partial charge in [0.2, 0.25) is 10.0 Å². The second kappa shape index (κ2) is 10.9. The van der Waals surface area contributed by atoms with Crippen molar-refractivity contribution >= 4 is 10.0 Å². The van der Waals surface area contributed by atoms with Gasteiger partial charge in [-0.15, -0.1) is 0 Å². The van der Waals surface area contributed by atoms with Crippen LogP contribution in [-0.4, -0.2) is 47.2 Å². The first-order valence-corrected chi connectivity index (χ1v) is 13.4. The molecule has 1 N–H and O–H groups in total. The van der Waals surface area contributed by atoms with Crippen molar-refractivity contribution in [1.82, 2.24) is 9.62 Å². The maximum atomic E-state index is 13.3. The molecule has 0 fully saturated rings. The zero-order valence-corrected chi connectivity index (χ0v) is 22.3. The van der Waals surface area contributed by atoms with E-state index in [-0.39, 0.29) is 10.9 Å². The molecule has 3 aromatic carbocycles. The number of ether oxygens (including phenoxy) is 3. The van der Waals surface area contributed by atoms with E-state index >= 15 is 0 Å². The number of nitrogens with zero attached hydrogens (tertiary/aromatic N) is 1. The lowest BCUT2D eigenvalue weighted by atomic mass is 9.88. The summed E-state index contributed by atoms with van der Waals surface area (Å²) in [6.07, 6.45) is 0.829. The maximum Gasteiger partial charge on any atom is 0.240 e. The van der Waals surface area contributed by atoms with Crippen LogP contribution in [0.4, 0.5) is 0 Å². The molecule has 7 nitrogen and oxygen atoms in total. The molecule has 2 atom stereocenters. The summed E-state index contributed by atoms with van der Waals surface area (Å²) < 4.78 is 45.8. The van der Waals surface area contributed by atoms with Crippen LogP contribution in [0, 0.1) is 6.92 Å². The minimum Gasteiger partial charge on any atom is -0.497 e. The van der Waals surface area contributed by atoms with Crippen LogP contribution < -0.4 is 18.9 Å². The summed E-state index contributed by atoms with van der Waals surface area (Å²) in [6.45, 7) is 5.47. The normalized spacial score (nSPS) is 16.8. The molecule has 0 radical (unpaired) electrons. The van der Waals surface area contributed by atoms with Crippen LogP contribution in [0.15, 0.2) is 65.6 Å². The van der Waals surface area contributed by atoms with Crippen molar-refractivity contribution in [3.63, 3.8) is 0 Å². The average Bonchev–Trinajstić information content (AvgIpc) is 2.88. The SMILES string of the molecule is COc1ccc(S(=O)(=O)N[C@@H](C)[C@H]2c3cc(OC)c(OC)cc3CCN2Cc2ccc(C)cc2)cc1. The number of nitrogens with one attached hydrogen (secondary N) is 1. The first-order chi connectivity index (χ1) is 17.2. The lowest BCUT2D eigenvalue weighted by molar-refractivity contribution is 0.150. The van der Waals surface area contributed by atoms with Gasteiger partial charge in [0.25, 0.3) is 0 Å². The molecular weight excluding hydrogens is 476 g/mol. The van der Waals surface area contributed by atoms with Crippen molar-refractivity contribution in [1.29, 1.82) is 0 Å². The molecule has 8 heteroatoms. The van der Waals surface area contributed by atoms with Gasteiger partial charge in [0.05, 0.1) is 32.3 Å². The number of hydrogen-bond acceptors (Lipinski definition) is 6. The molecular formula is C28H34N2O5S. The number of hydrogen-bond donors (Lipinski definition) is 1. The number of fused-ring (bicyclic) bond motifs is 1. The summed E-state index contributed by atoms with van der Waals surface area (Å²) in [5.41, 5.74) is 4.56. The molecule has 0 saturated heterocycles. The van der Waals surface area contributed by atoms with Crippen molar-refractivity contribution in [2.75, 3.05) is 27.9 Å². The van der Waals surface area contributed by atoms with Gasteiger partial charge in [-0.3, -0.25) is 4.90 Å². The largest absolute Gasteiger partial charge is 0.497 e. The number of rotatable bonds is 9. The Kier molecular flexibility index (Phi) is 7.88. The molecule has 0 amide bonds. The summed E-state index contributed by atoms with van der Waals surface area (Å²) in [4.78, 5) is 2.53. The fourth-order valence-corrected chi connectivity index (χ4v) is 6.10. The Bertz CT molecular complexity index is 1290. The van der Waals surface area contributed by atoms with Crippen LogP contribution >= 0.6 is 0 Å². The van der Waals surface area contributed by atoms with Crippen LogP contribution in [-0.2, 0) is 23.0 Å². The Morgan fingerprint density at radius 3 is 2.19 bits per heavy atom. The third-order valence-electron chi connectivity index (χ3n) is 6.72. The summed E-state index contributed by atoms with van der Waals surface area (Å²) >= 11 is 0. The Morgan fingerprint density at radius 1 is 0.944 bits per heavy atom. The number of sulfonamides is 1. The molecule has 0 saturated carbocycles. The second-order valence-electron chi connectivity index (χ2n) is 9.14. The fraction of sp³-hybridized carbons (Fsp3) is 0.357. The summed E-state index contributed by atoms with van der Waals surface area (Å²) in [5.74, 6) is 1.91. The van der Waals surface area contributed by atoms with Gasteiger partial charge in [0, 0.05) is 19.1 Å². The van der Waals surface area contributed by atoms with Crippen molar-refractivity contribution in [3.05, 3.63) is 82.9 Å². The zero-order valence-electron chi connectivity index (χ0n) is 21.4. The van der Waals surface area contributed by atoms with Gasteiger partial charge < -0.3 is 14.2 Å². The topological polar surface area (TPSA) is 77.1 Å². The van der Waals surface area contributed by atoms with Gasteiger partial charge in [-0.2, -0.15) is 0 Å². The fourth-order valence-electron chi connectivity index (χ4n) is 4.85. The highest BCUT2D eigenvalue weighted by Crippen LogP contribution is 2.40. The first kappa shape index (κ1) is 26.0. The van der Waals surface area contributed by atoms with Crippen molar-refractivity contribution < 1.29 is 22.6 Å². The average molecular weight is 511 g/mol. The Hall–Kier alpha value is -3.07.